The summed E-state index contributed by atoms with van der Waals surface area (Å²) in [7, 11) is 0. The maximum atomic E-state index is 5.87. The molecule has 0 aliphatic carbocycles. The molecular formula is C15H24ClNS. The number of thioether (sulfide) groups is 1. The van der Waals surface area contributed by atoms with Gasteiger partial charge in [0.25, 0.3) is 0 Å². The third-order valence-electron chi connectivity index (χ3n) is 3.13. The van der Waals surface area contributed by atoms with Gasteiger partial charge in [-0.15, -0.1) is 0 Å². The number of hydrogen-bond acceptors (Lipinski definition) is 2. The maximum absolute atomic E-state index is 5.87. The summed E-state index contributed by atoms with van der Waals surface area (Å²) >= 11 is 7.87. The van der Waals surface area contributed by atoms with Gasteiger partial charge in [0.15, 0.2) is 0 Å². The fraction of sp³-hybridized carbons (Fsp3) is 0.600. The van der Waals surface area contributed by atoms with Gasteiger partial charge in [0, 0.05) is 28.6 Å². The maximum Gasteiger partial charge on any atom is 0.0406 e. The van der Waals surface area contributed by atoms with Crippen LogP contribution in [0.15, 0.2) is 24.3 Å². The van der Waals surface area contributed by atoms with Crippen LogP contribution in [0.25, 0.3) is 0 Å². The molecule has 0 bridgehead atoms. The van der Waals surface area contributed by atoms with Crippen LogP contribution in [0, 0.1) is 0 Å². The Kier molecular flexibility index (Phi) is 7.80. The minimum absolute atomic E-state index is 0.640. The molecule has 102 valence electrons. The Hall–Kier alpha value is -0.180. The van der Waals surface area contributed by atoms with E-state index in [2.05, 4.69) is 38.2 Å². The van der Waals surface area contributed by atoms with E-state index in [4.69, 9.17) is 11.6 Å². The minimum atomic E-state index is 0.640. The van der Waals surface area contributed by atoms with Crippen molar-refractivity contribution in [1.29, 1.82) is 0 Å². The second-order valence-electron chi connectivity index (χ2n) is 4.67. The lowest BCUT2D eigenvalue weighted by molar-refractivity contribution is 0.488. The van der Waals surface area contributed by atoms with Crippen molar-refractivity contribution in [3.63, 3.8) is 0 Å². The lowest BCUT2D eigenvalue weighted by atomic mass is 10.2. The summed E-state index contributed by atoms with van der Waals surface area (Å²) in [6.07, 6.45) is 2.43. The van der Waals surface area contributed by atoms with E-state index in [1.807, 2.05) is 23.9 Å². The highest BCUT2D eigenvalue weighted by atomic mass is 35.5. The summed E-state index contributed by atoms with van der Waals surface area (Å²) < 4.78 is 0. The monoisotopic (exact) mass is 285 g/mol. The van der Waals surface area contributed by atoms with Gasteiger partial charge in [-0.3, -0.25) is 0 Å². The number of rotatable bonds is 8. The fourth-order valence-corrected chi connectivity index (χ4v) is 2.80. The first-order chi connectivity index (χ1) is 8.65. The Bertz CT molecular complexity index is 322. The molecule has 0 fully saturated rings. The summed E-state index contributed by atoms with van der Waals surface area (Å²) in [5, 5.41) is 5.07. The van der Waals surface area contributed by atoms with Crippen molar-refractivity contribution < 1.29 is 0 Å². The molecule has 0 saturated heterocycles. The van der Waals surface area contributed by atoms with E-state index in [0.717, 1.165) is 17.3 Å². The van der Waals surface area contributed by atoms with Crippen LogP contribution in [0.5, 0.6) is 0 Å². The van der Waals surface area contributed by atoms with Crippen LogP contribution in [0.1, 0.15) is 39.2 Å². The molecule has 0 saturated carbocycles. The van der Waals surface area contributed by atoms with E-state index in [0.29, 0.717) is 11.3 Å². The van der Waals surface area contributed by atoms with E-state index in [1.54, 1.807) is 0 Å². The van der Waals surface area contributed by atoms with Gasteiger partial charge in [-0.2, -0.15) is 11.8 Å². The molecule has 1 atom stereocenters. The molecule has 1 aromatic carbocycles. The smallest absolute Gasteiger partial charge is 0.0406 e. The molecule has 1 N–H and O–H groups in total. The first-order valence-electron chi connectivity index (χ1n) is 6.75. The van der Waals surface area contributed by atoms with E-state index in [9.17, 15) is 0 Å². The normalized spacial score (nSPS) is 12.9. The van der Waals surface area contributed by atoms with Crippen molar-refractivity contribution in [2.45, 2.75) is 50.7 Å². The second kappa shape index (κ2) is 8.84. The zero-order chi connectivity index (χ0) is 13.4. The SMILES string of the molecule is CCC(CC)NCC(C)SCc1ccc(Cl)cc1. The highest BCUT2D eigenvalue weighted by Crippen LogP contribution is 2.19. The summed E-state index contributed by atoms with van der Waals surface area (Å²) in [5.74, 6) is 1.06. The van der Waals surface area contributed by atoms with Crippen molar-refractivity contribution in [3.05, 3.63) is 34.9 Å². The molecule has 1 nitrogen and oxygen atoms in total. The number of halogens is 1. The quantitative estimate of drug-likeness (QED) is 0.740. The molecule has 0 aliphatic heterocycles. The second-order valence-corrected chi connectivity index (χ2v) is 6.53. The minimum Gasteiger partial charge on any atom is -0.313 e. The van der Waals surface area contributed by atoms with Crippen LogP contribution in [0.4, 0.5) is 0 Å². The molecule has 0 radical (unpaired) electrons. The van der Waals surface area contributed by atoms with Gasteiger partial charge in [-0.25, -0.2) is 0 Å². The van der Waals surface area contributed by atoms with Gasteiger partial charge in [0.1, 0.15) is 0 Å². The van der Waals surface area contributed by atoms with Gasteiger partial charge in [-0.1, -0.05) is 44.5 Å². The van der Waals surface area contributed by atoms with Crippen LogP contribution in [-0.4, -0.2) is 17.8 Å². The van der Waals surface area contributed by atoms with Gasteiger partial charge in [0.05, 0.1) is 0 Å². The van der Waals surface area contributed by atoms with E-state index < -0.39 is 0 Å². The van der Waals surface area contributed by atoms with Crippen molar-refractivity contribution in [3.8, 4) is 0 Å². The van der Waals surface area contributed by atoms with Crippen molar-refractivity contribution >= 4 is 23.4 Å². The number of hydrogen-bond donors (Lipinski definition) is 1. The Balaban J connectivity index is 2.24. The van der Waals surface area contributed by atoms with Gasteiger partial charge in [0.2, 0.25) is 0 Å². The topological polar surface area (TPSA) is 12.0 Å². The molecule has 0 aliphatic rings. The summed E-state index contributed by atoms with van der Waals surface area (Å²) in [4.78, 5) is 0. The molecule has 1 rings (SSSR count). The molecule has 3 heteroatoms. The van der Waals surface area contributed by atoms with Gasteiger partial charge in [-0.05, 0) is 30.5 Å². The Morgan fingerprint density at radius 1 is 1.17 bits per heavy atom. The Morgan fingerprint density at radius 2 is 1.78 bits per heavy atom. The number of benzene rings is 1. The highest BCUT2D eigenvalue weighted by Gasteiger charge is 2.07. The predicted octanol–water partition coefficient (Wildman–Crippen LogP) is 4.74. The summed E-state index contributed by atoms with van der Waals surface area (Å²) in [6, 6.07) is 8.81. The molecule has 0 spiro atoms. The summed E-state index contributed by atoms with van der Waals surface area (Å²) in [5.41, 5.74) is 1.35. The molecule has 0 heterocycles. The Labute approximate surface area is 121 Å². The van der Waals surface area contributed by atoms with Crippen molar-refractivity contribution in [2.75, 3.05) is 6.54 Å². The third kappa shape index (κ3) is 6.12. The predicted molar refractivity (Wildman–Crippen MR) is 84.6 cm³/mol. The van der Waals surface area contributed by atoms with Crippen LogP contribution in [-0.2, 0) is 5.75 Å². The lowest BCUT2D eigenvalue weighted by Crippen LogP contribution is -2.32. The van der Waals surface area contributed by atoms with Crippen LogP contribution in [0.2, 0.25) is 5.02 Å². The molecule has 1 aromatic rings. The van der Waals surface area contributed by atoms with E-state index >= 15 is 0 Å². The third-order valence-corrected chi connectivity index (χ3v) is 4.62. The molecular weight excluding hydrogens is 262 g/mol. The first-order valence-corrected chi connectivity index (χ1v) is 8.17. The van der Waals surface area contributed by atoms with Crippen LogP contribution >= 0.6 is 23.4 Å². The zero-order valence-electron chi connectivity index (χ0n) is 11.6. The molecule has 0 aromatic heterocycles. The van der Waals surface area contributed by atoms with Crippen LogP contribution in [0.3, 0.4) is 0 Å². The largest absolute Gasteiger partial charge is 0.313 e. The van der Waals surface area contributed by atoms with Gasteiger partial charge >= 0.3 is 0 Å². The standard InChI is InChI=1S/C15H24ClNS/c1-4-15(5-2)17-10-12(3)18-11-13-6-8-14(16)9-7-13/h6-9,12,15,17H,4-5,10-11H2,1-3H3. The molecule has 0 amide bonds. The molecule has 18 heavy (non-hydrogen) atoms. The van der Waals surface area contributed by atoms with E-state index in [1.165, 1.54) is 18.4 Å². The molecule has 1 unspecified atom stereocenters. The fourth-order valence-electron chi connectivity index (χ4n) is 1.79. The zero-order valence-corrected chi connectivity index (χ0v) is 13.2. The van der Waals surface area contributed by atoms with Crippen LogP contribution < -0.4 is 5.32 Å². The average Bonchev–Trinajstić information content (AvgIpc) is 2.39. The van der Waals surface area contributed by atoms with E-state index in [-0.39, 0.29) is 0 Å². The van der Waals surface area contributed by atoms with Gasteiger partial charge < -0.3 is 5.32 Å². The van der Waals surface area contributed by atoms with Crippen molar-refractivity contribution in [2.24, 2.45) is 0 Å². The number of nitrogens with one attached hydrogen (secondary N) is 1. The lowest BCUT2D eigenvalue weighted by Gasteiger charge is -2.18. The highest BCUT2D eigenvalue weighted by molar-refractivity contribution is 7.99. The Morgan fingerprint density at radius 3 is 2.33 bits per heavy atom. The summed E-state index contributed by atoms with van der Waals surface area (Å²) in [6.45, 7) is 7.86. The first kappa shape index (κ1) is 15.9. The van der Waals surface area contributed by atoms with Crippen molar-refractivity contribution in [1.82, 2.24) is 5.32 Å². The average molecular weight is 286 g/mol.